The fourth-order valence-electron chi connectivity index (χ4n) is 2.36. The van der Waals surface area contributed by atoms with E-state index in [1.165, 1.54) is 0 Å². The van der Waals surface area contributed by atoms with Crippen molar-refractivity contribution in [1.29, 1.82) is 0 Å². The van der Waals surface area contributed by atoms with Crippen LogP contribution in [0.3, 0.4) is 0 Å². The van der Waals surface area contributed by atoms with E-state index in [2.05, 4.69) is 32.4 Å². The predicted octanol–water partition coefficient (Wildman–Crippen LogP) is 2.61. The molecule has 0 saturated heterocycles. The second-order valence-corrected chi connectivity index (χ2v) is 5.41. The van der Waals surface area contributed by atoms with Crippen LogP contribution in [0.2, 0.25) is 0 Å². The Bertz CT molecular complexity index is 586. The van der Waals surface area contributed by atoms with Gasteiger partial charge in [0.1, 0.15) is 5.75 Å². The third-order valence-corrected chi connectivity index (χ3v) is 3.96. The lowest BCUT2D eigenvalue weighted by Crippen LogP contribution is -2.23. The first kappa shape index (κ1) is 16.0. The van der Waals surface area contributed by atoms with Crippen molar-refractivity contribution in [3.05, 3.63) is 46.2 Å². The zero-order chi connectivity index (χ0) is 15.2. The zero-order valence-corrected chi connectivity index (χ0v) is 14.1. The molecular weight excluding hydrogens is 334 g/mol. The Hall–Kier alpha value is -1.37. The fraction of sp³-hybridized carbons (Fsp3) is 0.400. The second-order valence-electron chi connectivity index (χ2n) is 4.56. The molecule has 6 heteroatoms. The Morgan fingerprint density at radius 2 is 2.10 bits per heavy atom. The molecule has 0 aliphatic carbocycles. The average Bonchev–Trinajstić information content (AvgIpc) is 2.88. The lowest BCUT2D eigenvalue weighted by atomic mass is 10.0. The van der Waals surface area contributed by atoms with Crippen LogP contribution in [0, 0.1) is 0 Å². The van der Waals surface area contributed by atoms with Gasteiger partial charge in [0.15, 0.2) is 0 Å². The number of methoxy groups -OCH3 is 2. The molecule has 1 heterocycles. The Labute approximate surface area is 133 Å². The van der Waals surface area contributed by atoms with E-state index >= 15 is 0 Å². The summed E-state index contributed by atoms with van der Waals surface area (Å²) in [6, 6.07) is 7.97. The molecule has 1 aromatic carbocycles. The molecule has 0 spiro atoms. The Morgan fingerprint density at radius 1 is 1.33 bits per heavy atom. The molecule has 0 saturated carbocycles. The maximum atomic E-state index is 5.48. The number of nitrogens with one attached hydrogen (secondary N) is 1. The van der Waals surface area contributed by atoms with Crippen LogP contribution < -0.4 is 10.1 Å². The van der Waals surface area contributed by atoms with Crippen molar-refractivity contribution in [2.45, 2.75) is 12.6 Å². The Balaban J connectivity index is 2.44. The molecule has 1 unspecified atom stereocenters. The lowest BCUT2D eigenvalue weighted by molar-refractivity contribution is 0.182. The highest BCUT2D eigenvalue weighted by atomic mass is 79.9. The number of hydrogen-bond donors (Lipinski definition) is 1. The molecule has 0 fully saturated rings. The molecule has 1 N–H and O–H groups in total. The molecular formula is C15H20BrN3O2. The zero-order valence-electron chi connectivity index (χ0n) is 12.5. The van der Waals surface area contributed by atoms with Crippen LogP contribution in [-0.4, -0.2) is 37.7 Å². The van der Waals surface area contributed by atoms with Crippen LogP contribution in [0.5, 0.6) is 5.75 Å². The van der Waals surface area contributed by atoms with Crippen LogP contribution in [0.15, 0.2) is 34.9 Å². The first-order valence-corrected chi connectivity index (χ1v) is 7.52. The van der Waals surface area contributed by atoms with Gasteiger partial charge in [-0.25, -0.2) is 0 Å². The summed E-state index contributed by atoms with van der Waals surface area (Å²) in [5.74, 6) is 0.850. The predicted molar refractivity (Wildman–Crippen MR) is 85.7 cm³/mol. The SMILES string of the molecule is CNC(c1ccccc1OC)c1c(Br)cnn1CCOC. The molecule has 21 heavy (non-hydrogen) atoms. The van der Waals surface area contributed by atoms with E-state index in [9.17, 15) is 0 Å². The summed E-state index contributed by atoms with van der Waals surface area (Å²) in [4.78, 5) is 0. The molecule has 0 aliphatic heterocycles. The first-order valence-electron chi connectivity index (χ1n) is 6.73. The second kappa shape index (κ2) is 7.59. The molecule has 0 bridgehead atoms. The van der Waals surface area contributed by atoms with E-state index in [0.717, 1.165) is 21.5 Å². The molecule has 2 rings (SSSR count). The van der Waals surface area contributed by atoms with Gasteiger partial charge in [0, 0.05) is 12.7 Å². The first-order chi connectivity index (χ1) is 10.2. The van der Waals surface area contributed by atoms with Gasteiger partial charge in [-0.05, 0) is 29.0 Å². The largest absolute Gasteiger partial charge is 0.496 e. The fourth-order valence-corrected chi connectivity index (χ4v) is 2.88. The molecule has 0 amide bonds. The van der Waals surface area contributed by atoms with E-state index in [1.54, 1.807) is 14.2 Å². The highest BCUT2D eigenvalue weighted by molar-refractivity contribution is 9.10. The lowest BCUT2D eigenvalue weighted by Gasteiger charge is -2.21. The van der Waals surface area contributed by atoms with E-state index in [1.807, 2.05) is 36.1 Å². The van der Waals surface area contributed by atoms with E-state index in [0.29, 0.717) is 13.2 Å². The summed E-state index contributed by atoms with van der Waals surface area (Å²) < 4.78 is 13.5. The van der Waals surface area contributed by atoms with Gasteiger partial charge >= 0.3 is 0 Å². The summed E-state index contributed by atoms with van der Waals surface area (Å²) >= 11 is 3.59. The minimum absolute atomic E-state index is 0.0186. The average molecular weight is 354 g/mol. The van der Waals surface area contributed by atoms with Gasteiger partial charge in [-0.1, -0.05) is 18.2 Å². The number of nitrogens with zero attached hydrogens (tertiary/aromatic N) is 2. The Morgan fingerprint density at radius 3 is 2.76 bits per heavy atom. The monoisotopic (exact) mass is 353 g/mol. The summed E-state index contributed by atoms with van der Waals surface area (Å²) in [5, 5.41) is 7.75. The van der Waals surface area contributed by atoms with E-state index < -0.39 is 0 Å². The van der Waals surface area contributed by atoms with Crippen molar-refractivity contribution in [3.63, 3.8) is 0 Å². The van der Waals surface area contributed by atoms with Crippen LogP contribution >= 0.6 is 15.9 Å². The van der Waals surface area contributed by atoms with Crippen LogP contribution in [0.1, 0.15) is 17.3 Å². The molecule has 0 radical (unpaired) electrons. The molecule has 5 nitrogen and oxygen atoms in total. The summed E-state index contributed by atoms with van der Waals surface area (Å²) in [6.45, 7) is 1.31. The van der Waals surface area contributed by atoms with Crippen LogP contribution in [0.4, 0.5) is 0 Å². The minimum Gasteiger partial charge on any atom is -0.496 e. The number of halogens is 1. The number of ether oxygens (including phenoxy) is 2. The van der Waals surface area contributed by atoms with Gasteiger partial charge in [0.25, 0.3) is 0 Å². The van der Waals surface area contributed by atoms with E-state index in [4.69, 9.17) is 9.47 Å². The van der Waals surface area contributed by atoms with Gasteiger partial charge in [-0.15, -0.1) is 0 Å². The van der Waals surface area contributed by atoms with Gasteiger partial charge in [-0.3, -0.25) is 4.68 Å². The maximum absolute atomic E-state index is 5.48. The topological polar surface area (TPSA) is 48.3 Å². The van der Waals surface area contributed by atoms with E-state index in [-0.39, 0.29) is 6.04 Å². The van der Waals surface area contributed by atoms with Crippen molar-refractivity contribution in [2.75, 3.05) is 27.9 Å². The van der Waals surface area contributed by atoms with Gasteiger partial charge < -0.3 is 14.8 Å². The standard InChI is InChI=1S/C15H20BrN3O2/c1-17-14(11-6-4-5-7-13(11)21-3)15-12(16)10-18-19(15)8-9-20-2/h4-7,10,14,17H,8-9H2,1-3H3. The molecule has 1 atom stereocenters. The van der Waals surface area contributed by atoms with Crippen molar-refractivity contribution in [3.8, 4) is 5.75 Å². The number of para-hydroxylation sites is 1. The van der Waals surface area contributed by atoms with Gasteiger partial charge in [0.2, 0.25) is 0 Å². The minimum atomic E-state index is -0.0186. The highest BCUT2D eigenvalue weighted by Gasteiger charge is 2.23. The number of benzene rings is 1. The maximum Gasteiger partial charge on any atom is 0.124 e. The van der Waals surface area contributed by atoms with Gasteiger partial charge in [-0.2, -0.15) is 5.10 Å². The highest BCUT2D eigenvalue weighted by Crippen LogP contribution is 2.33. The van der Waals surface area contributed by atoms with Crippen molar-refractivity contribution in [1.82, 2.24) is 15.1 Å². The third-order valence-electron chi connectivity index (χ3n) is 3.35. The smallest absolute Gasteiger partial charge is 0.124 e. The number of hydrogen-bond acceptors (Lipinski definition) is 4. The molecule has 1 aromatic heterocycles. The van der Waals surface area contributed by atoms with Crippen LogP contribution in [-0.2, 0) is 11.3 Å². The number of rotatable bonds is 7. The molecule has 2 aromatic rings. The Kier molecular flexibility index (Phi) is 5.78. The third kappa shape index (κ3) is 3.45. The summed E-state index contributed by atoms with van der Waals surface area (Å²) in [7, 11) is 5.30. The molecule has 0 aliphatic rings. The molecule has 114 valence electrons. The van der Waals surface area contributed by atoms with Crippen molar-refractivity contribution in [2.24, 2.45) is 0 Å². The quantitative estimate of drug-likeness (QED) is 0.831. The normalized spacial score (nSPS) is 12.4. The van der Waals surface area contributed by atoms with Crippen molar-refractivity contribution < 1.29 is 9.47 Å². The van der Waals surface area contributed by atoms with Crippen LogP contribution in [0.25, 0.3) is 0 Å². The number of aromatic nitrogens is 2. The summed E-state index contributed by atoms with van der Waals surface area (Å²) in [6.07, 6.45) is 1.81. The summed E-state index contributed by atoms with van der Waals surface area (Å²) in [5.41, 5.74) is 2.13. The van der Waals surface area contributed by atoms with Crippen molar-refractivity contribution >= 4 is 15.9 Å². The van der Waals surface area contributed by atoms with Gasteiger partial charge in [0.05, 0.1) is 42.7 Å².